The molecule has 0 heterocycles. The Kier molecular flexibility index (Phi) is 10.3. The van der Waals surface area contributed by atoms with Crippen molar-refractivity contribution in [1.82, 2.24) is 4.67 Å². The standard InChI is InChI=1S/C35H43N2O10P/c1-4-7-8-14-37(48(45,46-5-2)47-6-3)19-20-10-9-11-21(15-20)24-12-13-26(38)29-25(24)17-22-16-23-18-27(39)30(34(36)43)33(42)35(23,44)32(41)28(22)31(29)40/h9-13,15,22-23,38,40,42,44H,4-8,14,16-19H2,1-3H3,(H2,36,43)/t22?,23-,35-/m0/s1. The molecule has 48 heavy (non-hydrogen) atoms. The van der Waals surface area contributed by atoms with Gasteiger partial charge in [0.25, 0.3) is 5.91 Å². The number of primary amides is 1. The van der Waals surface area contributed by atoms with Crippen LogP contribution in [0, 0.1) is 11.8 Å². The van der Waals surface area contributed by atoms with E-state index in [1.807, 2.05) is 24.3 Å². The average Bonchev–Trinajstić information content (AvgIpc) is 3.02. The molecule has 0 aliphatic heterocycles. The molecule has 3 aliphatic rings. The number of aliphatic hydroxyl groups excluding tert-OH is 2. The van der Waals surface area contributed by atoms with Crippen LogP contribution in [0.1, 0.15) is 69.6 Å². The monoisotopic (exact) mass is 682 g/mol. The molecule has 258 valence electrons. The fraction of sp³-hybridized carbons (Fsp3) is 0.457. The first kappa shape index (κ1) is 35.5. The van der Waals surface area contributed by atoms with Gasteiger partial charge in [-0.1, -0.05) is 44.0 Å². The lowest BCUT2D eigenvalue weighted by Crippen LogP contribution is -2.58. The molecule has 0 spiro atoms. The van der Waals surface area contributed by atoms with Crippen molar-refractivity contribution in [2.24, 2.45) is 17.6 Å². The van der Waals surface area contributed by atoms with Gasteiger partial charge < -0.3 is 26.2 Å². The third kappa shape index (κ3) is 6.12. The number of rotatable bonds is 13. The summed E-state index contributed by atoms with van der Waals surface area (Å²) in [5, 5.41) is 44.8. The van der Waals surface area contributed by atoms with E-state index in [1.54, 1.807) is 24.6 Å². The summed E-state index contributed by atoms with van der Waals surface area (Å²) in [6.45, 7) is 6.85. The zero-order chi connectivity index (χ0) is 35.0. The Morgan fingerprint density at radius 2 is 1.75 bits per heavy atom. The lowest BCUT2D eigenvalue weighted by atomic mass is 9.59. The number of carbonyl (C=O) groups excluding carboxylic acids is 3. The summed E-state index contributed by atoms with van der Waals surface area (Å²) in [7, 11) is -3.58. The van der Waals surface area contributed by atoms with E-state index in [0.717, 1.165) is 30.4 Å². The number of benzene rings is 2. The van der Waals surface area contributed by atoms with Crippen molar-refractivity contribution in [2.45, 2.75) is 71.4 Å². The highest BCUT2D eigenvalue weighted by atomic mass is 31.2. The number of carbonyl (C=O) groups is 3. The van der Waals surface area contributed by atoms with Gasteiger partial charge >= 0.3 is 7.75 Å². The first-order valence-corrected chi connectivity index (χ1v) is 17.9. The highest BCUT2D eigenvalue weighted by Gasteiger charge is 2.60. The van der Waals surface area contributed by atoms with Gasteiger partial charge in [0.2, 0.25) is 5.78 Å². The van der Waals surface area contributed by atoms with Crippen LogP contribution >= 0.6 is 7.75 Å². The van der Waals surface area contributed by atoms with Crippen molar-refractivity contribution in [3.05, 3.63) is 70.0 Å². The molecule has 3 aliphatic carbocycles. The number of Topliss-reactive ketones (excluding diaryl/α,β-unsaturated/α-hetero) is 2. The summed E-state index contributed by atoms with van der Waals surface area (Å²) in [5.74, 6) is -6.74. The predicted octanol–water partition coefficient (Wildman–Crippen LogP) is 5.26. The molecule has 2 aromatic carbocycles. The number of hydrogen-bond acceptors (Lipinski definition) is 10. The summed E-state index contributed by atoms with van der Waals surface area (Å²) in [5.41, 5.74) is 4.46. The van der Waals surface area contributed by atoms with E-state index in [4.69, 9.17) is 14.8 Å². The molecule has 3 atom stereocenters. The number of hydrogen-bond donors (Lipinski definition) is 5. The summed E-state index contributed by atoms with van der Waals surface area (Å²) >= 11 is 0. The number of phenols is 1. The number of unbranched alkanes of at least 4 members (excludes halogenated alkanes) is 2. The van der Waals surface area contributed by atoms with Crippen LogP contribution in [0.25, 0.3) is 16.9 Å². The fourth-order valence-electron chi connectivity index (χ4n) is 7.30. The molecule has 1 unspecified atom stereocenters. The minimum absolute atomic E-state index is 0.0171. The maximum absolute atomic E-state index is 13.8. The third-order valence-corrected chi connectivity index (χ3v) is 11.7. The summed E-state index contributed by atoms with van der Waals surface area (Å²) in [6, 6.07) is 10.7. The lowest BCUT2D eigenvalue weighted by molar-refractivity contribution is -0.147. The molecule has 0 saturated heterocycles. The number of nitrogens with two attached hydrogens (primary N) is 1. The van der Waals surface area contributed by atoms with Crippen molar-refractivity contribution in [2.75, 3.05) is 19.8 Å². The van der Waals surface area contributed by atoms with Gasteiger partial charge in [0.05, 0.1) is 18.8 Å². The van der Waals surface area contributed by atoms with E-state index in [2.05, 4.69) is 6.92 Å². The van der Waals surface area contributed by atoms with Crippen LogP contribution < -0.4 is 5.73 Å². The first-order chi connectivity index (χ1) is 22.8. The van der Waals surface area contributed by atoms with Crippen LogP contribution in [0.3, 0.4) is 0 Å². The molecular formula is C35H43N2O10P. The molecule has 0 radical (unpaired) electrons. The zero-order valence-corrected chi connectivity index (χ0v) is 28.3. The van der Waals surface area contributed by atoms with Gasteiger partial charge in [-0.05, 0) is 73.4 Å². The Hall–Kier alpha value is -3.80. The second-order valence-electron chi connectivity index (χ2n) is 12.5. The Labute approximate surface area is 279 Å². The molecule has 1 saturated carbocycles. The van der Waals surface area contributed by atoms with Crippen molar-refractivity contribution in [3.8, 4) is 16.9 Å². The highest BCUT2D eigenvalue weighted by molar-refractivity contribution is 7.51. The summed E-state index contributed by atoms with van der Waals surface area (Å²) in [6.07, 6.45) is 2.56. The van der Waals surface area contributed by atoms with E-state index < -0.39 is 59.7 Å². The quantitative estimate of drug-likeness (QED) is 0.105. The number of aliphatic hydroxyl groups is 3. The molecule has 13 heteroatoms. The number of amides is 1. The number of nitrogens with zero attached hydrogens (tertiary/aromatic N) is 1. The fourth-order valence-corrected chi connectivity index (χ4v) is 9.08. The van der Waals surface area contributed by atoms with E-state index in [0.29, 0.717) is 17.7 Å². The molecule has 0 aromatic heterocycles. The van der Waals surface area contributed by atoms with Crippen LogP contribution in [0.4, 0.5) is 0 Å². The van der Waals surface area contributed by atoms with Gasteiger partial charge in [0.15, 0.2) is 11.4 Å². The molecule has 2 aromatic rings. The number of ketones is 2. The second-order valence-corrected chi connectivity index (χ2v) is 14.5. The van der Waals surface area contributed by atoms with Gasteiger partial charge in [-0.2, -0.15) is 0 Å². The SMILES string of the molecule is CCCCCN(Cc1cccc(-c2ccc(O)c3c2CC2C[C@H]4CC(=O)C(C(N)=O)=C(O)[C@@]4(O)C(=O)C2=C3O)c1)P(=O)(OCC)OCC. The van der Waals surface area contributed by atoms with E-state index in [1.165, 1.54) is 6.07 Å². The number of fused-ring (bicyclic) bond motifs is 3. The van der Waals surface area contributed by atoms with Crippen molar-refractivity contribution in [3.63, 3.8) is 0 Å². The van der Waals surface area contributed by atoms with E-state index in [9.17, 15) is 39.4 Å². The Morgan fingerprint density at radius 3 is 2.40 bits per heavy atom. The van der Waals surface area contributed by atoms with Gasteiger partial charge in [-0.25, -0.2) is 9.24 Å². The van der Waals surface area contributed by atoms with Gasteiger partial charge in [-0.3, -0.25) is 23.4 Å². The van der Waals surface area contributed by atoms with Crippen LogP contribution in [-0.4, -0.2) is 67.9 Å². The Bertz CT molecular complexity index is 1740. The maximum Gasteiger partial charge on any atom is 0.408 e. The average molecular weight is 683 g/mol. The largest absolute Gasteiger partial charge is 0.508 e. The minimum Gasteiger partial charge on any atom is -0.508 e. The van der Waals surface area contributed by atoms with E-state index in [-0.39, 0.29) is 55.9 Å². The molecule has 1 fully saturated rings. The molecule has 5 rings (SSSR count). The number of aromatic hydroxyl groups is 1. The maximum atomic E-state index is 13.8. The van der Waals surface area contributed by atoms with E-state index >= 15 is 0 Å². The lowest BCUT2D eigenvalue weighted by Gasteiger charge is -2.46. The highest BCUT2D eigenvalue weighted by Crippen LogP contribution is 2.54. The van der Waals surface area contributed by atoms with Gasteiger partial charge in [0, 0.05) is 31.0 Å². The van der Waals surface area contributed by atoms with Crippen LogP contribution in [0.2, 0.25) is 0 Å². The number of phenolic OH excluding ortho intramolecular Hbond substituents is 1. The summed E-state index contributed by atoms with van der Waals surface area (Å²) < 4.78 is 26.9. The smallest absolute Gasteiger partial charge is 0.408 e. The van der Waals surface area contributed by atoms with Crippen molar-refractivity contribution in [1.29, 1.82) is 0 Å². The molecule has 12 nitrogen and oxygen atoms in total. The van der Waals surface area contributed by atoms with Crippen LogP contribution in [-0.2, 0) is 41.0 Å². The summed E-state index contributed by atoms with van der Waals surface area (Å²) in [4.78, 5) is 38.5. The van der Waals surface area contributed by atoms with Gasteiger partial charge in [-0.15, -0.1) is 0 Å². The molecular weight excluding hydrogens is 639 g/mol. The third-order valence-electron chi connectivity index (χ3n) is 9.50. The van der Waals surface area contributed by atoms with Crippen molar-refractivity contribution >= 4 is 31.0 Å². The zero-order valence-electron chi connectivity index (χ0n) is 27.4. The minimum atomic E-state index is -3.58. The molecule has 0 bridgehead atoms. The Balaban J connectivity index is 1.55. The first-order valence-electron chi connectivity index (χ1n) is 16.4. The Morgan fingerprint density at radius 1 is 1.04 bits per heavy atom. The molecule has 6 N–H and O–H groups in total. The van der Waals surface area contributed by atoms with Crippen LogP contribution in [0.5, 0.6) is 5.75 Å². The van der Waals surface area contributed by atoms with Crippen molar-refractivity contribution < 1.29 is 48.4 Å². The molecule has 1 amide bonds. The topological polar surface area (TPSA) is 197 Å². The van der Waals surface area contributed by atoms with Gasteiger partial charge in [0.1, 0.15) is 22.8 Å². The second kappa shape index (κ2) is 14.0. The predicted molar refractivity (Wildman–Crippen MR) is 178 cm³/mol. The normalized spacial score (nSPS) is 22.5. The van der Waals surface area contributed by atoms with Crippen LogP contribution in [0.15, 0.2) is 53.3 Å².